The average Bonchev–Trinajstić information content (AvgIpc) is 3.75. The van der Waals surface area contributed by atoms with Crippen molar-refractivity contribution in [1.82, 2.24) is 0 Å². The first kappa shape index (κ1) is 27.9. The molecular weight excluding hydrogens is 615 g/mol. The maximum atomic E-state index is 6.55. The smallest absolute Gasteiger partial charge is 0.159 e. The van der Waals surface area contributed by atoms with Gasteiger partial charge in [-0.1, -0.05) is 121 Å². The fourth-order valence-electron chi connectivity index (χ4n) is 7.29. The minimum absolute atomic E-state index is 0.876. The quantitative estimate of drug-likeness (QED) is 0.186. The van der Waals surface area contributed by atoms with Gasteiger partial charge < -0.3 is 9.32 Å². The third kappa shape index (κ3) is 4.62. The van der Waals surface area contributed by atoms with Crippen molar-refractivity contribution >= 4 is 81.3 Å². The number of para-hydroxylation sites is 2. The molecule has 0 aliphatic heterocycles. The average molecular weight is 644 g/mol. The number of hydrogen-bond donors (Lipinski definition) is 0. The minimum atomic E-state index is 0.876. The number of rotatable bonds is 5. The number of furan rings is 1. The van der Waals surface area contributed by atoms with Crippen LogP contribution in [0.25, 0.3) is 75.1 Å². The molecule has 0 atom stereocenters. The van der Waals surface area contributed by atoms with Gasteiger partial charge in [-0.15, -0.1) is 11.3 Å². The summed E-state index contributed by atoms with van der Waals surface area (Å²) < 4.78 is 9.21. The molecule has 230 valence electrons. The lowest BCUT2D eigenvalue weighted by Crippen LogP contribution is -2.10. The van der Waals surface area contributed by atoms with Crippen molar-refractivity contribution in [2.24, 2.45) is 0 Å². The molecule has 8 aromatic carbocycles. The van der Waals surface area contributed by atoms with Crippen LogP contribution in [0, 0.1) is 0 Å². The van der Waals surface area contributed by atoms with Crippen LogP contribution in [0.5, 0.6) is 0 Å². The zero-order valence-corrected chi connectivity index (χ0v) is 27.3. The van der Waals surface area contributed by atoms with Crippen LogP contribution in [0.3, 0.4) is 0 Å². The van der Waals surface area contributed by atoms with Crippen LogP contribution in [0.2, 0.25) is 0 Å². The molecule has 0 spiro atoms. The molecule has 3 heteroatoms. The van der Waals surface area contributed by atoms with E-state index in [-0.39, 0.29) is 0 Å². The summed E-state index contributed by atoms with van der Waals surface area (Å²) in [7, 11) is 0. The zero-order valence-electron chi connectivity index (χ0n) is 26.5. The fourth-order valence-corrected chi connectivity index (χ4v) is 8.42. The van der Waals surface area contributed by atoms with Gasteiger partial charge in [0.2, 0.25) is 0 Å². The molecule has 0 aliphatic rings. The van der Waals surface area contributed by atoms with Crippen molar-refractivity contribution in [1.29, 1.82) is 0 Å². The zero-order chi connectivity index (χ0) is 32.3. The summed E-state index contributed by atoms with van der Waals surface area (Å²) >= 11 is 1.87. The Kier molecular flexibility index (Phi) is 6.39. The molecule has 0 radical (unpaired) electrons. The largest absolute Gasteiger partial charge is 0.454 e. The highest BCUT2D eigenvalue weighted by Crippen LogP contribution is 2.44. The Bertz CT molecular complexity index is 2810. The predicted octanol–water partition coefficient (Wildman–Crippen LogP) is 13.9. The van der Waals surface area contributed by atoms with Crippen molar-refractivity contribution in [3.63, 3.8) is 0 Å². The van der Waals surface area contributed by atoms with E-state index in [1.807, 2.05) is 23.5 Å². The normalized spacial score (nSPS) is 11.7. The van der Waals surface area contributed by atoms with Crippen LogP contribution in [0.15, 0.2) is 180 Å². The highest BCUT2D eigenvalue weighted by atomic mass is 32.1. The van der Waals surface area contributed by atoms with Gasteiger partial charge in [-0.3, -0.25) is 0 Å². The standard InChI is InChI=1S/C46H29NOS/c1-2-9-30(10-3-1)31-19-24-35(25-20-31)47(41-14-8-13-38-37-11-4-6-15-42(37)48-46(38)41)36-26-21-32(22-27-36)34-18-17-33-23-28-44-45(40(33)29-34)39-12-5-7-16-43(39)49-44/h1-29H. The van der Waals surface area contributed by atoms with E-state index < -0.39 is 0 Å². The number of hydrogen-bond acceptors (Lipinski definition) is 3. The maximum absolute atomic E-state index is 6.55. The van der Waals surface area contributed by atoms with Gasteiger partial charge in [-0.05, 0) is 87.6 Å². The van der Waals surface area contributed by atoms with Gasteiger partial charge >= 0.3 is 0 Å². The second kappa shape index (κ2) is 11.2. The highest BCUT2D eigenvalue weighted by molar-refractivity contribution is 7.26. The van der Waals surface area contributed by atoms with Crippen LogP contribution in [-0.2, 0) is 0 Å². The van der Waals surface area contributed by atoms with E-state index in [1.54, 1.807) is 0 Å². The van der Waals surface area contributed by atoms with Crippen molar-refractivity contribution in [2.45, 2.75) is 0 Å². The third-order valence-corrected chi connectivity index (χ3v) is 10.8. The molecular formula is C46H29NOS. The fraction of sp³-hybridized carbons (Fsp3) is 0. The van der Waals surface area contributed by atoms with Crippen LogP contribution in [-0.4, -0.2) is 0 Å². The van der Waals surface area contributed by atoms with E-state index in [1.165, 1.54) is 53.2 Å². The Labute approximate surface area is 287 Å². The lowest BCUT2D eigenvalue weighted by Gasteiger charge is -2.26. The molecule has 0 aliphatic carbocycles. The lowest BCUT2D eigenvalue weighted by molar-refractivity contribution is 0.669. The van der Waals surface area contributed by atoms with Gasteiger partial charge in [-0.25, -0.2) is 0 Å². The van der Waals surface area contributed by atoms with Crippen LogP contribution in [0.1, 0.15) is 0 Å². The second-order valence-corrected chi connectivity index (χ2v) is 13.6. The van der Waals surface area contributed by atoms with Crippen LogP contribution >= 0.6 is 11.3 Å². The summed E-state index contributed by atoms with van der Waals surface area (Å²) in [4.78, 5) is 2.31. The Hall–Kier alpha value is -6.16. The van der Waals surface area contributed by atoms with Crippen LogP contribution in [0.4, 0.5) is 17.1 Å². The molecule has 0 saturated carbocycles. The Morgan fingerprint density at radius 2 is 1.02 bits per heavy atom. The van der Waals surface area contributed by atoms with Gasteiger partial charge in [0.25, 0.3) is 0 Å². The third-order valence-electron chi connectivity index (χ3n) is 9.68. The van der Waals surface area contributed by atoms with E-state index in [4.69, 9.17) is 4.42 Å². The SMILES string of the molecule is c1ccc(-c2ccc(N(c3ccc(-c4ccc5ccc6sc7ccccc7c6c5c4)cc3)c3cccc4c3oc3ccccc34)cc2)cc1. The summed E-state index contributed by atoms with van der Waals surface area (Å²) in [6.07, 6.45) is 0. The topological polar surface area (TPSA) is 16.4 Å². The summed E-state index contributed by atoms with van der Waals surface area (Å²) in [5.41, 5.74) is 9.69. The van der Waals surface area contributed by atoms with Crippen molar-refractivity contribution in [3.8, 4) is 22.3 Å². The Morgan fingerprint density at radius 3 is 1.82 bits per heavy atom. The summed E-state index contributed by atoms with van der Waals surface area (Å²) in [5, 5.41) is 7.47. The highest BCUT2D eigenvalue weighted by Gasteiger charge is 2.19. The Morgan fingerprint density at radius 1 is 0.408 bits per heavy atom. The summed E-state index contributed by atoms with van der Waals surface area (Å²) in [6.45, 7) is 0. The van der Waals surface area contributed by atoms with Gasteiger partial charge in [0.15, 0.2) is 5.58 Å². The molecule has 0 N–H and O–H groups in total. The number of benzene rings is 8. The molecule has 2 heterocycles. The second-order valence-electron chi connectivity index (χ2n) is 12.5. The first-order chi connectivity index (χ1) is 24.3. The molecule has 0 fully saturated rings. The van der Waals surface area contributed by atoms with Crippen molar-refractivity contribution in [2.75, 3.05) is 4.90 Å². The molecule has 0 saturated heterocycles. The summed E-state index contributed by atoms with van der Waals surface area (Å²) in [6, 6.07) is 63.1. The molecule has 49 heavy (non-hydrogen) atoms. The van der Waals surface area contributed by atoms with E-state index in [0.717, 1.165) is 39.0 Å². The van der Waals surface area contributed by atoms with Crippen LogP contribution < -0.4 is 4.90 Å². The predicted molar refractivity (Wildman–Crippen MR) is 210 cm³/mol. The molecule has 10 aromatic rings. The first-order valence-electron chi connectivity index (χ1n) is 16.6. The van der Waals surface area contributed by atoms with Crippen molar-refractivity contribution < 1.29 is 4.42 Å². The van der Waals surface area contributed by atoms with E-state index in [9.17, 15) is 0 Å². The minimum Gasteiger partial charge on any atom is -0.454 e. The Balaban J connectivity index is 1.11. The molecule has 0 amide bonds. The van der Waals surface area contributed by atoms with Crippen molar-refractivity contribution in [3.05, 3.63) is 176 Å². The maximum Gasteiger partial charge on any atom is 0.159 e. The monoisotopic (exact) mass is 643 g/mol. The van der Waals surface area contributed by atoms with E-state index >= 15 is 0 Å². The van der Waals surface area contributed by atoms with Gasteiger partial charge in [0.1, 0.15) is 5.58 Å². The molecule has 0 bridgehead atoms. The molecule has 2 nitrogen and oxygen atoms in total. The van der Waals surface area contributed by atoms with Gasteiger partial charge in [-0.2, -0.15) is 0 Å². The molecule has 0 unspecified atom stereocenters. The first-order valence-corrected chi connectivity index (χ1v) is 17.4. The van der Waals surface area contributed by atoms with E-state index in [0.29, 0.717) is 0 Å². The van der Waals surface area contributed by atoms with E-state index in [2.05, 4.69) is 169 Å². The number of fused-ring (bicyclic) bond motifs is 8. The van der Waals surface area contributed by atoms with Gasteiger partial charge in [0.05, 0.1) is 5.69 Å². The van der Waals surface area contributed by atoms with Gasteiger partial charge in [0, 0.05) is 42.3 Å². The summed E-state index contributed by atoms with van der Waals surface area (Å²) in [5.74, 6) is 0. The number of nitrogens with zero attached hydrogens (tertiary/aromatic N) is 1. The number of anilines is 3. The number of thiophene rings is 1. The molecule has 2 aromatic heterocycles. The lowest BCUT2D eigenvalue weighted by atomic mass is 9.98. The molecule has 10 rings (SSSR count).